The number of alkyl halides is 1. The molecule has 0 bridgehead atoms. The van der Waals surface area contributed by atoms with E-state index in [2.05, 4.69) is 10.0 Å². The van der Waals surface area contributed by atoms with Crippen molar-refractivity contribution < 1.29 is 24.2 Å². The van der Waals surface area contributed by atoms with Gasteiger partial charge < -0.3 is 10.2 Å². The van der Waals surface area contributed by atoms with Gasteiger partial charge in [0.1, 0.15) is 11.7 Å². The maximum absolute atomic E-state index is 13.9. The van der Waals surface area contributed by atoms with Crippen molar-refractivity contribution in [3.05, 3.63) is 10.4 Å². The van der Waals surface area contributed by atoms with Crippen LogP contribution in [0.1, 0.15) is 6.42 Å². The largest absolute Gasteiger partial charge is 0.480 e. The molecule has 0 spiro atoms. The fourth-order valence-corrected chi connectivity index (χ4v) is 1.63. The van der Waals surface area contributed by atoms with Crippen LogP contribution in [-0.2, 0) is 4.79 Å². The molecule has 0 saturated carbocycles. The molecule has 1 aliphatic heterocycles. The molecule has 2 N–H and O–H groups in total. The number of aliphatic carboxylic acids is 1. The fraction of sp³-hybridized carbons (Fsp3) is 0.714. The molecule has 1 heterocycles. The first kappa shape index (κ1) is 12.1. The second-order valence-corrected chi connectivity index (χ2v) is 3.51. The highest BCUT2D eigenvalue weighted by atomic mass is 19.1. The van der Waals surface area contributed by atoms with Gasteiger partial charge in [0.25, 0.3) is 0 Å². The highest BCUT2D eigenvalue weighted by Crippen LogP contribution is 2.31. The van der Waals surface area contributed by atoms with E-state index in [1.807, 2.05) is 0 Å². The zero-order valence-electron chi connectivity index (χ0n) is 8.08. The lowest BCUT2D eigenvalue weighted by molar-refractivity contribution is -0.141. The molecular weight excluding hydrogens is 223 g/mol. The zero-order chi connectivity index (χ0) is 12.3. The molecule has 1 saturated heterocycles. The lowest BCUT2D eigenvalue weighted by atomic mass is 10.0. The molecular formula is C7H9FN4O4. The minimum atomic E-state index is -2.10. The third-order valence-corrected chi connectivity index (χ3v) is 2.34. The van der Waals surface area contributed by atoms with Gasteiger partial charge >= 0.3 is 12.1 Å². The maximum Gasteiger partial charge on any atom is 0.408 e. The molecule has 0 aromatic rings. The van der Waals surface area contributed by atoms with Gasteiger partial charge in [-0.1, -0.05) is 5.11 Å². The molecule has 0 radical (unpaired) electrons. The summed E-state index contributed by atoms with van der Waals surface area (Å²) >= 11 is 0. The summed E-state index contributed by atoms with van der Waals surface area (Å²) in [6.45, 7) is -1.17. The third-order valence-electron chi connectivity index (χ3n) is 2.34. The van der Waals surface area contributed by atoms with Gasteiger partial charge in [0, 0.05) is 11.3 Å². The Kier molecular flexibility index (Phi) is 3.19. The van der Waals surface area contributed by atoms with E-state index in [9.17, 15) is 14.0 Å². The van der Waals surface area contributed by atoms with Crippen LogP contribution in [0.25, 0.3) is 10.4 Å². The first-order valence-electron chi connectivity index (χ1n) is 4.32. The van der Waals surface area contributed by atoms with Crippen LogP contribution in [0.5, 0.6) is 0 Å². The molecule has 0 unspecified atom stereocenters. The second-order valence-electron chi connectivity index (χ2n) is 3.51. The van der Waals surface area contributed by atoms with Gasteiger partial charge in [-0.15, -0.1) is 0 Å². The molecule has 1 rings (SSSR count). The first-order valence-corrected chi connectivity index (χ1v) is 4.32. The van der Waals surface area contributed by atoms with Crippen molar-refractivity contribution in [3.8, 4) is 0 Å². The summed E-state index contributed by atoms with van der Waals surface area (Å²) < 4.78 is 13.9. The van der Waals surface area contributed by atoms with Crippen molar-refractivity contribution in [2.24, 2.45) is 5.11 Å². The monoisotopic (exact) mass is 232 g/mol. The zero-order valence-corrected chi connectivity index (χ0v) is 8.08. The smallest absolute Gasteiger partial charge is 0.408 e. The lowest BCUT2D eigenvalue weighted by Crippen LogP contribution is -2.40. The summed E-state index contributed by atoms with van der Waals surface area (Å²) in [7, 11) is 0. The predicted octanol–water partition coefficient (Wildman–Crippen LogP) is 0.842. The van der Waals surface area contributed by atoms with Crippen LogP contribution < -0.4 is 0 Å². The van der Waals surface area contributed by atoms with Gasteiger partial charge in [-0.05, 0) is 5.53 Å². The number of carboxylic acid groups (broad SMARTS) is 2. The topological polar surface area (TPSA) is 127 Å². The number of likely N-dealkylation sites (tertiary alicyclic amines) is 1. The minimum absolute atomic E-state index is 0.495. The third kappa shape index (κ3) is 2.31. The number of nitrogens with zero attached hydrogens (tertiary/aromatic N) is 4. The summed E-state index contributed by atoms with van der Waals surface area (Å²) in [6.07, 6.45) is -2.01. The predicted molar refractivity (Wildman–Crippen MR) is 48.6 cm³/mol. The van der Waals surface area contributed by atoms with Crippen molar-refractivity contribution in [2.45, 2.75) is 18.1 Å². The van der Waals surface area contributed by atoms with E-state index in [0.717, 1.165) is 0 Å². The molecule has 2 atom stereocenters. The van der Waals surface area contributed by atoms with Crippen molar-refractivity contribution >= 4 is 12.1 Å². The Morgan fingerprint density at radius 2 is 2.25 bits per heavy atom. The quantitative estimate of drug-likeness (QED) is 0.424. The minimum Gasteiger partial charge on any atom is -0.480 e. The van der Waals surface area contributed by atoms with Crippen LogP contribution in [0.3, 0.4) is 0 Å². The van der Waals surface area contributed by atoms with Crippen molar-refractivity contribution in [2.75, 3.05) is 13.1 Å². The van der Waals surface area contributed by atoms with Gasteiger partial charge in [0.2, 0.25) is 0 Å². The molecule has 9 heteroatoms. The highest BCUT2D eigenvalue weighted by Gasteiger charge is 2.49. The van der Waals surface area contributed by atoms with E-state index in [0.29, 0.717) is 4.90 Å². The summed E-state index contributed by atoms with van der Waals surface area (Å²) in [6, 6.07) is -1.43. The van der Waals surface area contributed by atoms with Gasteiger partial charge in [-0.3, -0.25) is 4.90 Å². The highest BCUT2D eigenvalue weighted by molar-refractivity contribution is 5.80. The van der Waals surface area contributed by atoms with Crippen LogP contribution in [0.2, 0.25) is 0 Å². The standard InChI is InChI=1S/C7H9FN4O4/c8-7(2-10-11-9)1-4(5(13)14)12(3-7)6(15)16/h4H,1-3H2,(H,13,14)(H,15,16)/t4-,7-/m0/s1. The summed E-state index contributed by atoms with van der Waals surface area (Å²) in [5.74, 6) is -1.41. The molecule has 1 fully saturated rings. The average Bonchev–Trinajstić information content (AvgIpc) is 2.55. The Labute approximate surface area is 88.9 Å². The maximum atomic E-state index is 13.9. The molecule has 0 aromatic carbocycles. The number of hydrogen-bond donors (Lipinski definition) is 2. The number of rotatable bonds is 3. The number of carboxylic acids is 1. The van der Waals surface area contributed by atoms with E-state index in [1.165, 1.54) is 0 Å². The van der Waals surface area contributed by atoms with Crippen LogP contribution in [0.4, 0.5) is 9.18 Å². The van der Waals surface area contributed by atoms with Gasteiger partial charge in [0.15, 0.2) is 0 Å². The molecule has 1 aliphatic rings. The number of amides is 1. The number of halogens is 1. The van der Waals surface area contributed by atoms with E-state index >= 15 is 0 Å². The van der Waals surface area contributed by atoms with Crippen LogP contribution in [0.15, 0.2) is 5.11 Å². The molecule has 0 aliphatic carbocycles. The molecule has 1 amide bonds. The Hall–Kier alpha value is -2.02. The number of azide groups is 1. The van der Waals surface area contributed by atoms with Crippen molar-refractivity contribution in [3.63, 3.8) is 0 Å². The summed E-state index contributed by atoms with van der Waals surface area (Å²) in [5, 5.41) is 20.4. The van der Waals surface area contributed by atoms with Crippen LogP contribution in [0, 0.1) is 0 Å². The second kappa shape index (κ2) is 4.23. The summed E-state index contributed by atoms with van der Waals surface area (Å²) in [4.78, 5) is 24.2. The molecule has 8 nitrogen and oxygen atoms in total. The van der Waals surface area contributed by atoms with Crippen molar-refractivity contribution in [1.82, 2.24) is 4.90 Å². The Morgan fingerprint density at radius 1 is 1.62 bits per heavy atom. The Morgan fingerprint density at radius 3 is 2.62 bits per heavy atom. The lowest BCUT2D eigenvalue weighted by Gasteiger charge is -2.17. The van der Waals surface area contributed by atoms with Gasteiger partial charge in [-0.25, -0.2) is 14.0 Å². The Balaban J connectivity index is 2.86. The van der Waals surface area contributed by atoms with Gasteiger partial charge in [0.05, 0.1) is 13.1 Å². The Bertz CT molecular complexity index is 345. The average molecular weight is 232 g/mol. The van der Waals surface area contributed by atoms with Crippen LogP contribution in [-0.4, -0.2) is 52.0 Å². The number of hydrogen-bond acceptors (Lipinski definition) is 3. The number of carbonyl (C=O) groups is 2. The molecule has 88 valence electrons. The van der Waals surface area contributed by atoms with Gasteiger partial charge in [-0.2, -0.15) is 0 Å². The normalized spacial score (nSPS) is 28.6. The van der Waals surface area contributed by atoms with E-state index in [4.69, 9.17) is 15.7 Å². The molecule has 16 heavy (non-hydrogen) atoms. The van der Waals surface area contributed by atoms with E-state index in [-0.39, 0.29) is 0 Å². The summed E-state index contributed by atoms with van der Waals surface area (Å²) in [5.41, 5.74) is 5.93. The van der Waals surface area contributed by atoms with Crippen LogP contribution >= 0.6 is 0 Å². The fourth-order valence-electron chi connectivity index (χ4n) is 1.63. The SMILES string of the molecule is [N-]=[N+]=NC[C@@]1(F)C[C@@H](C(=O)O)N(C(=O)O)C1. The van der Waals surface area contributed by atoms with Crippen molar-refractivity contribution in [1.29, 1.82) is 0 Å². The van der Waals surface area contributed by atoms with E-state index < -0.39 is 43.3 Å². The first-order chi connectivity index (χ1) is 7.39. The van der Waals surface area contributed by atoms with E-state index in [1.54, 1.807) is 0 Å². The molecule has 0 aromatic heterocycles.